The summed E-state index contributed by atoms with van der Waals surface area (Å²) in [4.78, 5) is 0. The molecule has 0 heterocycles. The molecule has 0 aliphatic carbocycles. The van der Waals surface area contributed by atoms with E-state index in [2.05, 4.69) is 33.0 Å². The molecule has 92 valence electrons. The molecule has 0 aromatic heterocycles. The Morgan fingerprint density at radius 3 is 2.40 bits per heavy atom. The Bertz CT molecular complexity index is 142. The summed E-state index contributed by atoms with van der Waals surface area (Å²) >= 11 is 2.01. The van der Waals surface area contributed by atoms with Gasteiger partial charge >= 0.3 is 0 Å². The largest absolute Gasteiger partial charge is 0.395 e. The van der Waals surface area contributed by atoms with Crippen LogP contribution in [0.15, 0.2) is 0 Å². The molecule has 2 N–H and O–H groups in total. The number of aliphatic hydroxyl groups excluding tert-OH is 1. The van der Waals surface area contributed by atoms with Gasteiger partial charge in [0.05, 0.1) is 6.61 Å². The lowest BCUT2D eigenvalue weighted by molar-refractivity contribution is 0.240. The van der Waals surface area contributed by atoms with Crippen molar-refractivity contribution >= 4 is 11.8 Å². The molecule has 0 saturated heterocycles. The van der Waals surface area contributed by atoms with Crippen LogP contribution in [-0.4, -0.2) is 35.3 Å². The van der Waals surface area contributed by atoms with Crippen LogP contribution >= 0.6 is 11.8 Å². The SMILES string of the molecule is CCCNC(CO)CCSC(C)C(C)C. The van der Waals surface area contributed by atoms with Crippen LogP contribution in [0.25, 0.3) is 0 Å². The van der Waals surface area contributed by atoms with Gasteiger partial charge in [-0.25, -0.2) is 0 Å². The summed E-state index contributed by atoms with van der Waals surface area (Å²) in [7, 11) is 0. The fraction of sp³-hybridized carbons (Fsp3) is 1.00. The minimum Gasteiger partial charge on any atom is -0.395 e. The van der Waals surface area contributed by atoms with Crippen LogP contribution in [0.1, 0.15) is 40.5 Å². The van der Waals surface area contributed by atoms with Crippen LogP contribution in [-0.2, 0) is 0 Å². The Labute approximate surface area is 99.2 Å². The van der Waals surface area contributed by atoms with Crippen molar-refractivity contribution in [3.05, 3.63) is 0 Å². The van der Waals surface area contributed by atoms with E-state index >= 15 is 0 Å². The predicted molar refractivity (Wildman–Crippen MR) is 70.5 cm³/mol. The number of hydrogen-bond acceptors (Lipinski definition) is 3. The van der Waals surface area contributed by atoms with Crippen LogP contribution in [0.4, 0.5) is 0 Å². The highest BCUT2D eigenvalue weighted by atomic mass is 32.2. The van der Waals surface area contributed by atoms with E-state index in [-0.39, 0.29) is 12.6 Å². The summed E-state index contributed by atoms with van der Waals surface area (Å²) in [5, 5.41) is 13.2. The predicted octanol–water partition coefficient (Wildman–Crippen LogP) is 2.51. The maximum absolute atomic E-state index is 9.16. The average molecular weight is 233 g/mol. The van der Waals surface area contributed by atoms with Gasteiger partial charge in [-0.1, -0.05) is 27.7 Å². The van der Waals surface area contributed by atoms with E-state index in [1.54, 1.807) is 0 Å². The van der Waals surface area contributed by atoms with Crippen molar-refractivity contribution in [2.75, 3.05) is 18.9 Å². The molecule has 0 amide bonds. The lowest BCUT2D eigenvalue weighted by Gasteiger charge is -2.18. The molecular weight excluding hydrogens is 206 g/mol. The molecule has 0 aliphatic rings. The van der Waals surface area contributed by atoms with E-state index in [1.165, 1.54) is 0 Å². The molecule has 0 aromatic rings. The highest BCUT2D eigenvalue weighted by Crippen LogP contribution is 2.19. The zero-order valence-corrected chi connectivity index (χ0v) is 11.4. The Kier molecular flexibility index (Phi) is 9.66. The summed E-state index contributed by atoms with van der Waals surface area (Å²) in [5.74, 6) is 1.88. The number of nitrogens with one attached hydrogen (secondary N) is 1. The number of rotatable bonds is 9. The third-order valence-corrected chi connectivity index (χ3v) is 4.23. The lowest BCUT2D eigenvalue weighted by Crippen LogP contribution is -2.33. The van der Waals surface area contributed by atoms with Crippen molar-refractivity contribution in [1.82, 2.24) is 5.32 Å². The molecule has 0 bridgehead atoms. The highest BCUT2D eigenvalue weighted by molar-refractivity contribution is 7.99. The van der Waals surface area contributed by atoms with E-state index < -0.39 is 0 Å². The molecular formula is C12H27NOS. The van der Waals surface area contributed by atoms with Gasteiger partial charge in [-0.3, -0.25) is 0 Å². The van der Waals surface area contributed by atoms with Crippen molar-refractivity contribution in [3.8, 4) is 0 Å². The second-order valence-electron chi connectivity index (χ2n) is 4.44. The third kappa shape index (κ3) is 8.12. The molecule has 2 nitrogen and oxygen atoms in total. The summed E-state index contributed by atoms with van der Waals surface area (Å²) < 4.78 is 0. The third-order valence-electron chi connectivity index (χ3n) is 2.69. The van der Waals surface area contributed by atoms with Gasteiger partial charge in [-0.05, 0) is 31.1 Å². The summed E-state index contributed by atoms with van der Waals surface area (Å²) in [5.41, 5.74) is 0. The van der Waals surface area contributed by atoms with Crippen LogP contribution < -0.4 is 5.32 Å². The number of hydrogen-bond donors (Lipinski definition) is 2. The molecule has 0 radical (unpaired) electrons. The van der Waals surface area contributed by atoms with Gasteiger partial charge in [0.1, 0.15) is 0 Å². The van der Waals surface area contributed by atoms with E-state index in [4.69, 9.17) is 5.11 Å². The van der Waals surface area contributed by atoms with E-state index in [0.29, 0.717) is 0 Å². The molecule has 0 aliphatic heterocycles. The molecule has 0 saturated carbocycles. The Hall–Kier alpha value is 0.270. The first-order chi connectivity index (χ1) is 7.11. The average Bonchev–Trinajstić information content (AvgIpc) is 2.22. The van der Waals surface area contributed by atoms with Gasteiger partial charge in [0.25, 0.3) is 0 Å². The second kappa shape index (κ2) is 9.49. The standard InChI is InChI=1S/C12H27NOS/c1-5-7-13-12(9-14)6-8-15-11(4)10(2)3/h10-14H,5-9H2,1-4H3. The zero-order chi connectivity index (χ0) is 11.7. The van der Waals surface area contributed by atoms with Gasteiger partial charge in [-0.15, -0.1) is 0 Å². The summed E-state index contributed by atoms with van der Waals surface area (Å²) in [6, 6.07) is 0.289. The monoisotopic (exact) mass is 233 g/mol. The molecule has 2 atom stereocenters. The molecule has 0 aromatic carbocycles. The van der Waals surface area contributed by atoms with Crippen molar-refractivity contribution in [2.45, 2.75) is 51.8 Å². The first-order valence-corrected chi connectivity index (χ1v) is 7.12. The van der Waals surface area contributed by atoms with Gasteiger partial charge in [0.2, 0.25) is 0 Å². The van der Waals surface area contributed by atoms with E-state index in [0.717, 1.165) is 36.3 Å². The van der Waals surface area contributed by atoms with Gasteiger partial charge in [-0.2, -0.15) is 11.8 Å². The summed E-state index contributed by atoms with van der Waals surface area (Å²) in [6.45, 7) is 10.2. The van der Waals surface area contributed by atoms with Crippen molar-refractivity contribution in [2.24, 2.45) is 5.92 Å². The first kappa shape index (κ1) is 15.3. The van der Waals surface area contributed by atoms with Gasteiger partial charge in [0.15, 0.2) is 0 Å². The Morgan fingerprint density at radius 2 is 1.93 bits per heavy atom. The van der Waals surface area contributed by atoms with Crippen LogP contribution in [0.3, 0.4) is 0 Å². The normalized spacial score (nSPS) is 15.6. The Balaban J connectivity index is 3.53. The van der Waals surface area contributed by atoms with Crippen LogP contribution in [0, 0.1) is 5.92 Å². The first-order valence-electron chi connectivity index (χ1n) is 6.07. The molecule has 0 spiro atoms. The van der Waals surface area contributed by atoms with Gasteiger partial charge in [0, 0.05) is 11.3 Å². The fourth-order valence-electron chi connectivity index (χ4n) is 1.20. The van der Waals surface area contributed by atoms with E-state index in [9.17, 15) is 0 Å². The molecule has 0 rings (SSSR count). The number of aliphatic hydroxyl groups is 1. The highest BCUT2D eigenvalue weighted by Gasteiger charge is 2.10. The maximum Gasteiger partial charge on any atom is 0.0584 e. The van der Waals surface area contributed by atoms with Gasteiger partial charge < -0.3 is 10.4 Å². The van der Waals surface area contributed by atoms with Crippen LogP contribution in [0.5, 0.6) is 0 Å². The van der Waals surface area contributed by atoms with E-state index in [1.807, 2.05) is 11.8 Å². The molecule has 15 heavy (non-hydrogen) atoms. The van der Waals surface area contributed by atoms with Crippen molar-refractivity contribution < 1.29 is 5.11 Å². The summed E-state index contributed by atoms with van der Waals surface area (Å²) in [6.07, 6.45) is 2.20. The lowest BCUT2D eigenvalue weighted by atomic mass is 10.2. The minimum atomic E-state index is 0.261. The fourth-order valence-corrected chi connectivity index (χ4v) is 2.37. The van der Waals surface area contributed by atoms with Crippen molar-refractivity contribution in [3.63, 3.8) is 0 Å². The second-order valence-corrected chi connectivity index (χ2v) is 5.93. The number of thioether (sulfide) groups is 1. The Morgan fingerprint density at radius 1 is 1.27 bits per heavy atom. The van der Waals surface area contributed by atoms with Crippen LogP contribution in [0.2, 0.25) is 0 Å². The smallest absolute Gasteiger partial charge is 0.0584 e. The maximum atomic E-state index is 9.16. The quantitative estimate of drug-likeness (QED) is 0.642. The topological polar surface area (TPSA) is 32.3 Å². The molecule has 2 unspecified atom stereocenters. The molecule has 0 fully saturated rings. The molecule has 3 heteroatoms. The zero-order valence-electron chi connectivity index (χ0n) is 10.6. The van der Waals surface area contributed by atoms with Crippen molar-refractivity contribution in [1.29, 1.82) is 0 Å². The minimum absolute atomic E-state index is 0.261.